The molecule has 0 aromatic rings. The van der Waals surface area contributed by atoms with Crippen molar-refractivity contribution in [3.05, 3.63) is 11.6 Å². The lowest BCUT2D eigenvalue weighted by Crippen LogP contribution is -2.46. The number of rotatable bonds is 6. The van der Waals surface area contributed by atoms with Gasteiger partial charge in [0.05, 0.1) is 25.4 Å². The van der Waals surface area contributed by atoms with E-state index >= 15 is 0 Å². The van der Waals surface area contributed by atoms with Crippen LogP contribution in [0.25, 0.3) is 0 Å². The first-order chi connectivity index (χ1) is 8.93. The number of nitrogens with one attached hydrogen (secondary N) is 1. The SMILES string of the molecule is CC(=O)N[C@@H]1CCC(C(=O)O)=C[C@H]1OCC(O)CO. The van der Waals surface area contributed by atoms with Gasteiger partial charge >= 0.3 is 5.97 Å². The number of aliphatic hydroxyl groups excluding tert-OH is 2. The first-order valence-electron chi connectivity index (χ1n) is 6.05. The summed E-state index contributed by atoms with van der Waals surface area (Å²) >= 11 is 0. The highest BCUT2D eigenvalue weighted by molar-refractivity contribution is 5.87. The summed E-state index contributed by atoms with van der Waals surface area (Å²) in [5.41, 5.74) is 0.227. The Hall–Kier alpha value is -1.44. The molecule has 0 bridgehead atoms. The Balaban J connectivity index is 2.72. The predicted molar refractivity (Wildman–Crippen MR) is 65.4 cm³/mol. The van der Waals surface area contributed by atoms with Gasteiger partial charge in [-0.25, -0.2) is 4.79 Å². The summed E-state index contributed by atoms with van der Waals surface area (Å²) < 4.78 is 5.37. The summed E-state index contributed by atoms with van der Waals surface area (Å²) in [5.74, 6) is -1.24. The number of amides is 1. The smallest absolute Gasteiger partial charge is 0.331 e. The van der Waals surface area contributed by atoms with Gasteiger partial charge in [0, 0.05) is 12.5 Å². The Morgan fingerprint density at radius 1 is 1.58 bits per heavy atom. The zero-order chi connectivity index (χ0) is 14.4. The lowest BCUT2D eigenvalue weighted by atomic mass is 9.92. The van der Waals surface area contributed by atoms with Crippen LogP contribution in [0.15, 0.2) is 11.6 Å². The van der Waals surface area contributed by atoms with Crippen LogP contribution < -0.4 is 5.32 Å². The molecule has 0 saturated heterocycles. The van der Waals surface area contributed by atoms with Gasteiger partial charge in [0.2, 0.25) is 5.91 Å². The van der Waals surface area contributed by atoms with E-state index in [9.17, 15) is 14.7 Å². The Kier molecular flexibility index (Phi) is 5.94. The van der Waals surface area contributed by atoms with Crippen LogP contribution in [0.5, 0.6) is 0 Å². The van der Waals surface area contributed by atoms with Gasteiger partial charge in [-0.1, -0.05) is 0 Å². The highest BCUT2D eigenvalue weighted by Gasteiger charge is 2.28. The molecule has 0 aliphatic heterocycles. The lowest BCUT2D eigenvalue weighted by Gasteiger charge is -2.30. The molecule has 1 unspecified atom stereocenters. The van der Waals surface area contributed by atoms with Gasteiger partial charge in [-0.15, -0.1) is 0 Å². The minimum Gasteiger partial charge on any atom is -0.478 e. The van der Waals surface area contributed by atoms with Crippen molar-refractivity contribution in [2.24, 2.45) is 0 Å². The van der Waals surface area contributed by atoms with E-state index in [2.05, 4.69) is 5.32 Å². The molecule has 1 aliphatic rings. The maximum atomic E-state index is 11.1. The van der Waals surface area contributed by atoms with Crippen LogP contribution in [0.2, 0.25) is 0 Å². The third-order valence-corrected chi connectivity index (χ3v) is 2.84. The summed E-state index contributed by atoms with van der Waals surface area (Å²) in [5, 5.41) is 29.6. The van der Waals surface area contributed by atoms with E-state index in [1.54, 1.807) is 0 Å². The highest BCUT2D eigenvalue weighted by atomic mass is 16.5. The van der Waals surface area contributed by atoms with Gasteiger partial charge in [0.15, 0.2) is 0 Å². The predicted octanol–water partition coefficient (Wildman–Crippen LogP) is -0.966. The monoisotopic (exact) mass is 273 g/mol. The molecule has 19 heavy (non-hydrogen) atoms. The maximum absolute atomic E-state index is 11.1. The number of carboxylic acids is 1. The second-order valence-electron chi connectivity index (χ2n) is 4.48. The summed E-state index contributed by atoms with van der Waals surface area (Å²) in [6.45, 7) is 0.809. The Bertz CT molecular complexity index is 367. The molecule has 0 heterocycles. The number of carboxylic acid groups (broad SMARTS) is 1. The molecule has 4 N–H and O–H groups in total. The maximum Gasteiger partial charge on any atom is 0.331 e. The fourth-order valence-electron chi connectivity index (χ4n) is 1.91. The van der Waals surface area contributed by atoms with E-state index in [0.717, 1.165) is 0 Å². The average Bonchev–Trinajstić information content (AvgIpc) is 2.36. The number of aliphatic hydroxyl groups is 2. The minimum atomic E-state index is -1.03. The van der Waals surface area contributed by atoms with Crippen molar-refractivity contribution in [1.82, 2.24) is 5.32 Å². The topological polar surface area (TPSA) is 116 Å². The van der Waals surface area contributed by atoms with Crippen LogP contribution in [0.1, 0.15) is 19.8 Å². The minimum absolute atomic E-state index is 0.124. The van der Waals surface area contributed by atoms with Gasteiger partial charge < -0.3 is 25.4 Å². The van der Waals surface area contributed by atoms with Crippen molar-refractivity contribution in [3.8, 4) is 0 Å². The molecule has 108 valence electrons. The van der Waals surface area contributed by atoms with Crippen molar-refractivity contribution in [1.29, 1.82) is 0 Å². The van der Waals surface area contributed by atoms with Crippen LogP contribution in [-0.2, 0) is 14.3 Å². The molecule has 3 atom stereocenters. The molecule has 0 fully saturated rings. The van der Waals surface area contributed by atoms with Gasteiger partial charge in [0.1, 0.15) is 6.10 Å². The van der Waals surface area contributed by atoms with E-state index in [1.165, 1.54) is 13.0 Å². The van der Waals surface area contributed by atoms with E-state index in [-0.39, 0.29) is 24.1 Å². The van der Waals surface area contributed by atoms with E-state index in [0.29, 0.717) is 12.8 Å². The molecule has 1 rings (SSSR count). The van der Waals surface area contributed by atoms with Gasteiger partial charge in [-0.05, 0) is 18.9 Å². The average molecular weight is 273 g/mol. The molecule has 7 heteroatoms. The molecule has 0 radical (unpaired) electrons. The number of ether oxygens (including phenoxy) is 1. The van der Waals surface area contributed by atoms with Gasteiger partial charge in [-0.3, -0.25) is 4.79 Å². The van der Waals surface area contributed by atoms with Crippen molar-refractivity contribution in [2.45, 2.75) is 38.0 Å². The third kappa shape index (κ3) is 4.98. The van der Waals surface area contributed by atoms with E-state index < -0.39 is 24.8 Å². The quantitative estimate of drug-likeness (QED) is 0.495. The van der Waals surface area contributed by atoms with Crippen molar-refractivity contribution >= 4 is 11.9 Å². The molecule has 0 spiro atoms. The normalized spacial score (nSPS) is 24.5. The zero-order valence-corrected chi connectivity index (χ0v) is 10.7. The Labute approximate surface area is 110 Å². The van der Waals surface area contributed by atoms with Gasteiger partial charge in [-0.2, -0.15) is 0 Å². The van der Waals surface area contributed by atoms with Crippen LogP contribution in [0.3, 0.4) is 0 Å². The van der Waals surface area contributed by atoms with Crippen LogP contribution >= 0.6 is 0 Å². The molecular weight excluding hydrogens is 254 g/mol. The van der Waals surface area contributed by atoms with E-state index in [4.69, 9.17) is 14.9 Å². The van der Waals surface area contributed by atoms with Crippen molar-refractivity contribution < 1.29 is 29.6 Å². The fraction of sp³-hybridized carbons (Fsp3) is 0.667. The first-order valence-corrected chi connectivity index (χ1v) is 6.05. The number of aliphatic carboxylic acids is 1. The van der Waals surface area contributed by atoms with Crippen LogP contribution in [-0.4, -0.2) is 58.7 Å². The number of carbonyl (C=O) groups is 2. The largest absolute Gasteiger partial charge is 0.478 e. The number of hydrogen-bond acceptors (Lipinski definition) is 5. The molecule has 0 saturated carbocycles. The van der Waals surface area contributed by atoms with Crippen molar-refractivity contribution in [2.75, 3.05) is 13.2 Å². The molecule has 0 aromatic heterocycles. The molecule has 1 aliphatic carbocycles. The lowest BCUT2D eigenvalue weighted by molar-refractivity contribution is -0.133. The first kappa shape index (κ1) is 15.6. The van der Waals surface area contributed by atoms with Crippen LogP contribution in [0.4, 0.5) is 0 Å². The third-order valence-electron chi connectivity index (χ3n) is 2.84. The van der Waals surface area contributed by atoms with Crippen molar-refractivity contribution in [3.63, 3.8) is 0 Å². The second-order valence-corrected chi connectivity index (χ2v) is 4.48. The molecule has 0 aromatic carbocycles. The zero-order valence-electron chi connectivity index (χ0n) is 10.7. The summed E-state index contributed by atoms with van der Waals surface area (Å²) in [7, 11) is 0. The Morgan fingerprint density at radius 2 is 2.26 bits per heavy atom. The van der Waals surface area contributed by atoms with Crippen LogP contribution in [0, 0.1) is 0 Å². The van der Waals surface area contributed by atoms with Gasteiger partial charge in [0.25, 0.3) is 0 Å². The fourth-order valence-corrected chi connectivity index (χ4v) is 1.91. The molecular formula is C12H19NO6. The summed E-state index contributed by atoms with van der Waals surface area (Å²) in [4.78, 5) is 22.0. The van der Waals surface area contributed by atoms with E-state index in [1.807, 2.05) is 0 Å². The summed E-state index contributed by atoms with van der Waals surface area (Å²) in [6.07, 6.45) is 0.600. The number of carbonyl (C=O) groups excluding carboxylic acids is 1. The second kappa shape index (κ2) is 7.22. The Morgan fingerprint density at radius 3 is 2.79 bits per heavy atom. The highest BCUT2D eigenvalue weighted by Crippen LogP contribution is 2.21. The summed E-state index contributed by atoms with van der Waals surface area (Å²) in [6, 6.07) is -0.327. The number of hydrogen-bond donors (Lipinski definition) is 4. The molecule has 1 amide bonds. The molecule has 7 nitrogen and oxygen atoms in total. The standard InChI is InChI=1S/C12H19NO6/c1-7(15)13-10-3-2-8(12(17)18)4-11(10)19-6-9(16)5-14/h4,9-11,14,16H,2-3,5-6H2,1H3,(H,13,15)(H,17,18)/t9?,10-,11-/m1/s1.